The maximum atomic E-state index is 12.8. The van der Waals surface area contributed by atoms with Gasteiger partial charge in [-0.25, -0.2) is 4.18 Å². The van der Waals surface area contributed by atoms with Gasteiger partial charge >= 0.3 is 10.4 Å². The summed E-state index contributed by atoms with van der Waals surface area (Å²) < 4.78 is 113. The fourth-order valence-electron chi connectivity index (χ4n) is 10.7. The quantitative estimate of drug-likeness (QED) is 0.0475. The summed E-state index contributed by atoms with van der Waals surface area (Å²) in [5.41, 5.74) is 0. The highest BCUT2D eigenvalue weighted by Crippen LogP contribution is 2.38. The van der Waals surface area contributed by atoms with Crippen molar-refractivity contribution in [2.45, 2.75) is 243 Å². The van der Waals surface area contributed by atoms with Gasteiger partial charge in [-0.3, -0.25) is 14.1 Å². The SMILES string of the molecule is CC(=O)N[C@H]1[C@H](OC[C@H]2OC(O)[C@H](NC(C)=O)[C@@H](O[C@@H]3O[C@H](CO)[C@H](O)[C@H](O[C@H]4O[C@H](CO)[C@H](O)[C@H](O)[C@H]4O[C@@H]4O[C@H](CO)[C@H](O)[C@H](O)[C@H]4O)[C@H]3O[C@@H]3O[C@@H](C)[C@@H](O)[C@@H](O)[C@@H]3O)[C@H]2O)O[C@H](COS(=O)(=O)O)[C@@H](O)[C@@H]1O[C@@H]1O[C@@H](C)[C@@H](O)[C@@H](O)[C@@H]1O. The van der Waals surface area contributed by atoms with Crippen LogP contribution >= 0.6 is 0 Å². The number of hydrogen-bond acceptors (Lipinski definition) is 36. The molecule has 0 radical (unpaired) electrons. The van der Waals surface area contributed by atoms with E-state index in [1.165, 1.54) is 13.8 Å². The smallest absolute Gasteiger partial charge is 0.394 e. The van der Waals surface area contributed by atoms with Crippen LogP contribution in [0.25, 0.3) is 0 Å². The van der Waals surface area contributed by atoms with Crippen LogP contribution < -0.4 is 10.6 Å². The summed E-state index contributed by atoms with van der Waals surface area (Å²) in [4.78, 5) is 25.5. The highest BCUT2D eigenvalue weighted by Gasteiger charge is 2.59. The molecule has 2 amide bonds. The molecule has 0 bridgehead atoms. The first-order valence-corrected chi connectivity index (χ1v) is 28.4. The Bertz CT molecular complexity index is 2290. The summed E-state index contributed by atoms with van der Waals surface area (Å²) in [7, 11) is -5.27. The van der Waals surface area contributed by atoms with E-state index in [0.29, 0.717) is 0 Å². The molecule has 0 aliphatic carbocycles. The van der Waals surface area contributed by atoms with E-state index in [1.807, 2.05) is 0 Å². The standard InChI is InChI=1S/C46H78N2O37S/c1-10-21(54)28(61)32(65)42(74-10)81-36-20(48-13(4)53)41(80-18(27(36)60)9-73-86(69,70)71)72-8-17-26(59)35(19(40(68)76-17)47-12(3)52)82-46-39(85-43-33(66)29(62)22(55)11(2)75-43)37(25(58)16(7-51)79-46)83-45-38(31(64)24(57)15(6-50)78-45)84-44-34(67)30(63)23(56)14(5-49)77-44/h10-11,14-46,49-51,54-68H,5-9H2,1-4H3,(H,47,52)(H,48,53)(H,69,70,71)/t10-,11-,14+,15+,16+,17+,18+,19+,20+,21+,22+,23-,24-,25-,26-,27+,28+,29+,30-,31-,32-,33-,34+,35+,36+,37-,38+,39+,40?,41+,42-,43-,44-,45+,46-/m0/s1. The molecule has 0 spiro atoms. The molecule has 0 saturated carbocycles. The zero-order valence-corrected chi connectivity index (χ0v) is 46.8. The maximum Gasteiger partial charge on any atom is 0.397 e. The zero-order valence-electron chi connectivity index (χ0n) is 46.0. The van der Waals surface area contributed by atoms with Crippen LogP contribution in [0.3, 0.4) is 0 Å². The predicted molar refractivity (Wildman–Crippen MR) is 263 cm³/mol. The second-order valence-electron chi connectivity index (χ2n) is 21.6. The molecule has 0 aromatic heterocycles. The monoisotopic (exact) mass is 1280 g/mol. The van der Waals surface area contributed by atoms with Crippen molar-refractivity contribution in [2.75, 3.05) is 33.0 Å². The number of carbonyl (C=O) groups is 2. The fraction of sp³-hybridized carbons (Fsp3) is 0.957. The molecule has 0 aromatic rings. The van der Waals surface area contributed by atoms with Gasteiger partial charge in [0.1, 0.15) is 159 Å². The molecule has 7 aliphatic heterocycles. The van der Waals surface area contributed by atoms with Gasteiger partial charge in [0.05, 0.1) is 45.2 Å². The van der Waals surface area contributed by atoms with E-state index in [9.17, 15) is 114 Å². The summed E-state index contributed by atoms with van der Waals surface area (Å²) in [6, 6.07) is -3.68. The van der Waals surface area contributed by atoms with E-state index in [0.717, 1.165) is 13.8 Å². The Morgan fingerprint density at radius 2 is 0.744 bits per heavy atom. The Morgan fingerprint density at radius 3 is 1.24 bits per heavy atom. The van der Waals surface area contributed by atoms with Gasteiger partial charge in [-0.1, -0.05) is 0 Å². The largest absolute Gasteiger partial charge is 0.397 e. The number of amides is 2. The van der Waals surface area contributed by atoms with Crippen molar-refractivity contribution >= 4 is 22.2 Å². The topological polar surface area (TPSA) is 606 Å². The number of aliphatic hydroxyl groups excluding tert-OH is 18. The first-order valence-electron chi connectivity index (χ1n) is 27.0. The van der Waals surface area contributed by atoms with Gasteiger partial charge in [0, 0.05) is 13.8 Å². The molecule has 39 nitrogen and oxygen atoms in total. The van der Waals surface area contributed by atoms with Crippen LogP contribution in [0.5, 0.6) is 0 Å². The number of hydrogen-bond donors (Lipinski definition) is 21. The summed E-state index contributed by atoms with van der Waals surface area (Å²) in [6.45, 7) is -1.01. The zero-order chi connectivity index (χ0) is 63.7. The molecule has 21 N–H and O–H groups in total. The number of ether oxygens (including phenoxy) is 13. The lowest BCUT2D eigenvalue weighted by atomic mass is 9.94. The van der Waals surface area contributed by atoms with E-state index >= 15 is 0 Å². The van der Waals surface area contributed by atoms with Crippen LogP contribution in [0.1, 0.15) is 27.7 Å². The minimum absolute atomic E-state index is 0.886. The summed E-state index contributed by atoms with van der Waals surface area (Å²) in [5.74, 6) is -1.81. The van der Waals surface area contributed by atoms with Crippen molar-refractivity contribution in [1.82, 2.24) is 10.6 Å². The van der Waals surface area contributed by atoms with Crippen molar-refractivity contribution < 1.29 is 180 Å². The molecule has 7 saturated heterocycles. The maximum absolute atomic E-state index is 12.8. The van der Waals surface area contributed by atoms with Crippen molar-refractivity contribution in [1.29, 1.82) is 0 Å². The van der Waals surface area contributed by atoms with Gasteiger partial charge in [-0.2, -0.15) is 8.42 Å². The van der Waals surface area contributed by atoms with E-state index in [-0.39, 0.29) is 0 Å². The molecule has 7 fully saturated rings. The van der Waals surface area contributed by atoms with Gasteiger partial charge in [0.25, 0.3) is 0 Å². The molecular weight excluding hydrogens is 1200 g/mol. The van der Waals surface area contributed by atoms with Gasteiger partial charge in [-0.15, -0.1) is 0 Å². The molecule has 0 aromatic carbocycles. The van der Waals surface area contributed by atoms with Gasteiger partial charge in [0.2, 0.25) is 11.8 Å². The normalized spacial score (nSPS) is 49.6. The molecule has 86 heavy (non-hydrogen) atoms. The molecule has 500 valence electrons. The Balaban J connectivity index is 1.23. The number of rotatable bonds is 21. The highest BCUT2D eigenvalue weighted by molar-refractivity contribution is 7.80. The van der Waals surface area contributed by atoms with E-state index < -0.39 is 270 Å². The molecule has 40 heteroatoms. The third-order valence-electron chi connectivity index (χ3n) is 15.5. The Labute approximate surface area is 487 Å². The van der Waals surface area contributed by atoms with Crippen molar-refractivity contribution in [3.05, 3.63) is 0 Å². The van der Waals surface area contributed by atoms with E-state index in [1.54, 1.807) is 0 Å². The van der Waals surface area contributed by atoms with Crippen LogP contribution in [0.15, 0.2) is 0 Å². The van der Waals surface area contributed by atoms with Crippen molar-refractivity contribution in [3.63, 3.8) is 0 Å². The number of nitrogens with one attached hydrogen (secondary N) is 2. The predicted octanol–water partition coefficient (Wildman–Crippen LogP) is -14.1. The number of aliphatic hydroxyl groups is 18. The van der Waals surface area contributed by atoms with Crippen LogP contribution in [0.4, 0.5) is 0 Å². The van der Waals surface area contributed by atoms with Crippen molar-refractivity contribution in [2.24, 2.45) is 0 Å². The summed E-state index contributed by atoms with van der Waals surface area (Å²) >= 11 is 0. The average molecular weight is 1280 g/mol. The number of carbonyl (C=O) groups excluding carboxylic acids is 2. The Hall–Kier alpha value is -2.43. The molecular formula is C46H78N2O37S. The van der Waals surface area contributed by atoms with Gasteiger partial charge in [-0.05, 0) is 13.8 Å². The molecule has 7 heterocycles. The molecule has 7 rings (SSSR count). The van der Waals surface area contributed by atoms with E-state index in [2.05, 4.69) is 14.8 Å². The summed E-state index contributed by atoms with van der Waals surface area (Å²) in [6.07, 6.45) is -66.0. The van der Waals surface area contributed by atoms with Crippen molar-refractivity contribution in [3.8, 4) is 0 Å². The first kappa shape index (κ1) is 71.0. The van der Waals surface area contributed by atoms with Gasteiger partial charge < -0.3 is 164 Å². The van der Waals surface area contributed by atoms with Crippen LogP contribution in [-0.4, -0.2) is 365 Å². The Kier molecular flexibility index (Phi) is 24.7. The van der Waals surface area contributed by atoms with Crippen LogP contribution in [0.2, 0.25) is 0 Å². The Morgan fingerprint density at radius 1 is 0.384 bits per heavy atom. The third kappa shape index (κ3) is 15.9. The highest BCUT2D eigenvalue weighted by atomic mass is 32.3. The molecule has 35 atom stereocenters. The molecule has 7 aliphatic rings. The molecule has 1 unspecified atom stereocenters. The van der Waals surface area contributed by atoms with Crippen LogP contribution in [-0.2, 0) is 85.8 Å². The van der Waals surface area contributed by atoms with E-state index in [4.69, 9.17) is 61.6 Å². The average Bonchev–Trinajstić information content (AvgIpc) is 1.05. The lowest BCUT2D eigenvalue weighted by molar-refractivity contribution is -0.410. The first-order chi connectivity index (χ1) is 40.3. The lowest BCUT2D eigenvalue weighted by Gasteiger charge is -2.51. The minimum Gasteiger partial charge on any atom is -0.394 e. The summed E-state index contributed by atoms with van der Waals surface area (Å²) in [5, 5.41) is 201. The fourth-order valence-corrected chi connectivity index (χ4v) is 11.0. The van der Waals surface area contributed by atoms with Gasteiger partial charge in [0.15, 0.2) is 44.0 Å². The second kappa shape index (κ2) is 29.9. The minimum atomic E-state index is -5.27. The van der Waals surface area contributed by atoms with Crippen LogP contribution in [0, 0.1) is 0 Å². The lowest BCUT2D eigenvalue weighted by Crippen LogP contribution is -2.70. The third-order valence-corrected chi connectivity index (χ3v) is 15.9. The second-order valence-corrected chi connectivity index (χ2v) is 22.7.